The molecule has 5 nitrogen and oxygen atoms in total. The molecule has 0 N–H and O–H groups in total. The standard InChI is InChI=1S/C8H7N3O2/c9-3-7-8(1-2-10-11-7)13-6-4-12-5-6/h1-2,6H,4-5H2. The van der Waals surface area contributed by atoms with Crippen molar-refractivity contribution in [1.82, 2.24) is 10.2 Å². The summed E-state index contributed by atoms with van der Waals surface area (Å²) >= 11 is 0. The van der Waals surface area contributed by atoms with Crippen molar-refractivity contribution in [3.63, 3.8) is 0 Å². The molecule has 5 heteroatoms. The van der Waals surface area contributed by atoms with Gasteiger partial charge in [0.05, 0.1) is 19.4 Å². The average Bonchev–Trinajstić information content (AvgIpc) is 2.12. The fraction of sp³-hybridized carbons (Fsp3) is 0.375. The molecule has 0 amide bonds. The van der Waals surface area contributed by atoms with Gasteiger partial charge in [0.25, 0.3) is 0 Å². The number of ether oxygens (including phenoxy) is 2. The van der Waals surface area contributed by atoms with Crippen LogP contribution in [-0.2, 0) is 4.74 Å². The Balaban J connectivity index is 2.14. The summed E-state index contributed by atoms with van der Waals surface area (Å²) in [4.78, 5) is 0. The van der Waals surface area contributed by atoms with Crippen molar-refractivity contribution < 1.29 is 9.47 Å². The summed E-state index contributed by atoms with van der Waals surface area (Å²) in [6.45, 7) is 1.15. The fourth-order valence-corrected chi connectivity index (χ4v) is 0.955. The van der Waals surface area contributed by atoms with Crippen LogP contribution in [0.25, 0.3) is 0 Å². The number of nitriles is 1. The molecular weight excluding hydrogens is 170 g/mol. The van der Waals surface area contributed by atoms with E-state index in [2.05, 4.69) is 10.2 Å². The van der Waals surface area contributed by atoms with Gasteiger partial charge in [0.15, 0.2) is 5.75 Å². The van der Waals surface area contributed by atoms with Crippen LogP contribution < -0.4 is 4.74 Å². The van der Waals surface area contributed by atoms with E-state index < -0.39 is 0 Å². The molecule has 2 rings (SSSR count). The fourth-order valence-electron chi connectivity index (χ4n) is 0.955. The van der Waals surface area contributed by atoms with Crippen LogP contribution in [0.4, 0.5) is 0 Å². The van der Waals surface area contributed by atoms with Crippen LogP contribution in [0.15, 0.2) is 12.3 Å². The summed E-state index contributed by atoms with van der Waals surface area (Å²) in [6, 6.07) is 3.54. The van der Waals surface area contributed by atoms with Crippen molar-refractivity contribution >= 4 is 0 Å². The van der Waals surface area contributed by atoms with Crippen molar-refractivity contribution in [2.24, 2.45) is 0 Å². The molecule has 1 aromatic rings. The Kier molecular flexibility index (Phi) is 2.06. The van der Waals surface area contributed by atoms with Crippen molar-refractivity contribution in [2.75, 3.05) is 13.2 Å². The third kappa shape index (κ3) is 1.58. The molecule has 13 heavy (non-hydrogen) atoms. The first-order valence-corrected chi connectivity index (χ1v) is 3.86. The number of aromatic nitrogens is 2. The maximum absolute atomic E-state index is 8.66. The van der Waals surface area contributed by atoms with E-state index in [-0.39, 0.29) is 11.8 Å². The van der Waals surface area contributed by atoms with Gasteiger partial charge in [-0.15, -0.1) is 5.10 Å². The molecule has 0 aromatic carbocycles. The van der Waals surface area contributed by atoms with Gasteiger partial charge in [-0.1, -0.05) is 0 Å². The van der Waals surface area contributed by atoms with Crippen molar-refractivity contribution in [2.45, 2.75) is 6.10 Å². The average molecular weight is 177 g/mol. The zero-order valence-electron chi connectivity index (χ0n) is 6.80. The first-order chi connectivity index (χ1) is 6.40. The Morgan fingerprint density at radius 1 is 1.62 bits per heavy atom. The van der Waals surface area contributed by atoms with E-state index in [1.165, 1.54) is 6.20 Å². The molecule has 1 fully saturated rings. The molecule has 0 bridgehead atoms. The second-order valence-electron chi connectivity index (χ2n) is 2.63. The molecule has 1 saturated heterocycles. The quantitative estimate of drug-likeness (QED) is 0.642. The minimum absolute atomic E-state index is 0.0521. The second kappa shape index (κ2) is 3.37. The molecule has 66 valence electrons. The number of hydrogen-bond acceptors (Lipinski definition) is 5. The van der Waals surface area contributed by atoms with E-state index in [1.54, 1.807) is 6.07 Å². The predicted molar refractivity (Wildman–Crippen MR) is 42.0 cm³/mol. The zero-order valence-corrected chi connectivity index (χ0v) is 6.80. The number of hydrogen-bond donors (Lipinski definition) is 0. The van der Waals surface area contributed by atoms with Gasteiger partial charge >= 0.3 is 0 Å². The van der Waals surface area contributed by atoms with Crippen LogP contribution in [-0.4, -0.2) is 29.5 Å². The topological polar surface area (TPSA) is 68.0 Å². The summed E-state index contributed by atoms with van der Waals surface area (Å²) in [7, 11) is 0. The van der Waals surface area contributed by atoms with Crippen LogP contribution in [0, 0.1) is 11.3 Å². The summed E-state index contributed by atoms with van der Waals surface area (Å²) in [5.41, 5.74) is 0.217. The predicted octanol–water partition coefficient (Wildman–Crippen LogP) is 0.126. The molecule has 0 aliphatic carbocycles. The smallest absolute Gasteiger partial charge is 0.204 e. The summed E-state index contributed by atoms with van der Waals surface area (Å²) < 4.78 is 10.4. The third-order valence-electron chi connectivity index (χ3n) is 1.69. The molecule has 0 saturated carbocycles. The van der Waals surface area contributed by atoms with Crippen LogP contribution in [0.5, 0.6) is 5.75 Å². The van der Waals surface area contributed by atoms with Crippen molar-refractivity contribution in [3.8, 4) is 11.8 Å². The van der Waals surface area contributed by atoms with E-state index >= 15 is 0 Å². The lowest BCUT2D eigenvalue weighted by Crippen LogP contribution is -2.38. The van der Waals surface area contributed by atoms with Crippen LogP contribution in [0.1, 0.15) is 5.69 Å². The highest BCUT2D eigenvalue weighted by molar-refractivity contribution is 5.35. The third-order valence-corrected chi connectivity index (χ3v) is 1.69. The van der Waals surface area contributed by atoms with E-state index in [0.717, 1.165) is 0 Å². The van der Waals surface area contributed by atoms with Gasteiger partial charge in [-0.05, 0) is 0 Å². The molecule has 0 radical (unpaired) electrons. The summed E-state index contributed by atoms with van der Waals surface area (Å²) in [5.74, 6) is 0.478. The Morgan fingerprint density at radius 3 is 3.08 bits per heavy atom. The largest absolute Gasteiger partial charge is 0.482 e. The highest BCUT2D eigenvalue weighted by Gasteiger charge is 2.21. The lowest BCUT2D eigenvalue weighted by molar-refractivity contribution is -0.0799. The normalized spacial score (nSPS) is 15.9. The Bertz CT molecular complexity index is 343. The Morgan fingerprint density at radius 2 is 2.46 bits per heavy atom. The molecule has 1 aliphatic rings. The lowest BCUT2D eigenvalue weighted by atomic mass is 10.3. The monoisotopic (exact) mass is 177 g/mol. The summed E-state index contributed by atoms with van der Waals surface area (Å²) in [6.07, 6.45) is 1.55. The van der Waals surface area contributed by atoms with Gasteiger partial charge in [0.1, 0.15) is 12.2 Å². The maximum atomic E-state index is 8.66. The maximum Gasteiger partial charge on any atom is 0.204 e. The molecule has 0 unspecified atom stereocenters. The van der Waals surface area contributed by atoms with Gasteiger partial charge in [0.2, 0.25) is 5.69 Å². The Labute approximate surface area is 74.9 Å². The van der Waals surface area contributed by atoms with Gasteiger partial charge < -0.3 is 9.47 Å². The first kappa shape index (κ1) is 7.95. The minimum atomic E-state index is 0.0521. The van der Waals surface area contributed by atoms with Gasteiger partial charge in [-0.25, -0.2) is 0 Å². The first-order valence-electron chi connectivity index (χ1n) is 3.86. The molecule has 0 spiro atoms. The van der Waals surface area contributed by atoms with E-state index in [9.17, 15) is 0 Å². The summed E-state index contributed by atoms with van der Waals surface area (Å²) in [5, 5.41) is 15.9. The SMILES string of the molecule is N#Cc1nnccc1OC1COC1. The number of rotatable bonds is 2. The number of nitrogens with zero attached hydrogens (tertiary/aromatic N) is 3. The molecule has 2 heterocycles. The molecule has 1 aliphatic heterocycles. The van der Waals surface area contributed by atoms with Gasteiger partial charge in [-0.3, -0.25) is 0 Å². The molecular formula is C8H7N3O2. The van der Waals surface area contributed by atoms with Crippen LogP contribution in [0.3, 0.4) is 0 Å². The van der Waals surface area contributed by atoms with Crippen LogP contribution >= 0.6 is 0 Å². The van der Waals surface area contributed by atoms with Gasteiger partial charge in [-0.2, -0.15) is 10.4 Å². The highest BCUT2D eigenvalue weighted by atomic mass is 16.6. The minimum Gasteiger partial charge on any atom is -0.482 e. The van der Waals surface area contributed by atoms with Crippen molar-refractivity contribution in [3.05, 3.63) is 18.0 Å². The van der Waals surface area contributed by atoms with E-state index in [0.29, 0.717) is 19.0 Å². The van der Waals surface area contributed by atoms with E-state index in [4.69, 9.17) is 14.7 Å². The Hall–Kier alpha value is -1.67. The molecule has 0 atom stereocenters. The molecule has 1 aromatic heterocycles. The zero-order chi connectivity index (χ0) is 9.10. The van der Waals surface area contributed by atoms with Crippen LogP contribution in [0.2, 0.25) is 0 Å². The van der Waals surface area contributed by atoms with Gasteiger partial charge in [0, 0.05) is 6.07 Å². The second-order valence-corrected chi connectivity index (χ2v) is 2.63. The lowest BCUT2D eigenvalue weighted by Gasteiger charge is -2.26. The van der Waals surface area contributed by atoms with Crippen molar-refractivity contribution in [1.29, 1.82) is 5.26 Å². The van der Waals surface area contributed by atoms with E-state index in [1.807, 2.05) is 6.07 Å². The highest BCUT2D eigenvalue weighted by Crippen LogP contribution is 2.17.